The Morgan fingerprint density at radius 2 is 2.25 bits per heavy atom. The van der Waals surface area contributed by atoms with Crippen LogP contribution < -0.4 is 11.1 Å². The van der Waals surface area contributed by atoms with Crippen LogP contribution in [-0.4, -0.2) is 26.6 Å². The maximum absolute atomic E-state index is 5.72. The summed E-state index contributed by atoms with van der Waals surface area (Å²) in [6.45, 7) is 3.24. The van der Waals surface area contributed by atoms with Crippen molar-refractivity contribution in [1.29, 1.82) is 0 Å². The van der Waals surface area contributed by atoms with E-state index in [-0.39, 0.29) is 0 Å². The van der Waals surface area contributed by atoms with E-state index in [1.54, 1.807) is 7.11 Å². The fourth-order valence-corrected chi connectivity index (χ4v) is 1.51. The fraction of sp³-hybridized carbons (Fsp3) is 0.417. The second-order valence-corrected chi connectivity index (χ2v) is 3.63. The van der Waals surface area contributed by atoms with Crippen LogP contribution in [0, 0.1) is 6.92 Å². The molecule has 0 unspecified atom stereocenters. The molecule has 4 heteroatoms. The Kier molecular flexibility index (Phi) is 4.95. The Morgan fingerprint density at radius 3 is 2.88 bits per heavy atom. The SMILES string of the molecule is CNCc1cccc(N=C(N)COC)c1C. The van der Waals surface area contributed by atoms with E-state index >= 15 is 0 Å². The molecule has 3 N–H and O–H groups in total. The lowest BCUT2D eigenvalue weighted by Crippen LogP contribution is -2.17. The molecule has 0 aromatic heterocycles. The molecular weight excluding hydrogens is 202 g/mol. The maximum Gasteiger partial charge on any atom is 0.126 e. The predicted molar refractivity (Wildman–Crippen MR) is 67.1 cm³/mol. The Balaban J connectivity index is 2.96. The summed E-state index contributed by atoms with van der Waals surface area (Å²) >= 11 is 0. The van der Waals surface area contributed by atoms with Crippen molar-refractivity contribution in [3.05, 3.63) is 29.3 Å². The highest BCUT2D eigenvalue weighted by atomic mass is 16.5. The predicted octanol–water partition coefficient (Wildman–Crippen LogP) is 1.35. The Hall–Kier alpha value is -1.39. The first-order valence-corrected chi connectivity index (χ1v) is 5.24. The minimum atomic E-state index is 0.357. The normalized spacial score (nSPS) is 11.8. The highest BCUT2D eigenvalue weighted by Gasteiger charge is 2.02. The van der Waals surface area contributed by atoms with Crippen molar-refractivity contribution in [2.24, 2.45) is 10.7 Å². The number of hydrogen-bond donors (Lipinski definition) is 2. The first kappa shape index (κ1) is 12.7. The van der Waals surface area contributed by atoms with Crippen molar-refractivity contribution in [2.45, 2.75) is 13.5 Å². The van der Waals surface area contributed by atoms with E-state index in [1.807, 2.05) is 26.1 Å². The zero-order valence-corrected chi connectivity index (χ0v) is 10.1. The molecule has 0 heterocycles. The summed E-state index contributed by atoms with van der Waals surface area (Å²) in [6, 6.07) is 6.02. The van der Waals surface area contributed by atoms with Crippen LogP contribution in [0.25, 0.3) is 0 Å². The third kappa shape index (κ3) is 3.32. The highest BCUT2D eigenvalue weighted by molar-refractivity contribution is 5.84. The van der Waals surface area contributed by atoms with E-state index in [1.165, 1.54) is 5.56 Å². The zero-order chi connectivity index (χ0) is 12.0. The monoisotopic (exact) mass is 221 g/mol. The second kappa shape index (κ2) is 6.25. The highest BCUT2D eigenvalue weighted by Crippen LogP contribution is 2.21. The number of rotatable bonds is 5. The molecule has 0 aliphatic heterocycles. The van der Waals surface area contributed by atoms with Crippen molar-refractivity contribution in [3.63, 3.8) is 0 Å². The number of benzene rings is 1. The van der Waals surface area contributed by atoms with Gasteiger partial charge in [0.05, 0.1) is 5.69 Å². The molecule has 88 valence electrons. The van der Waals surface area contributed by atoms with Gasteiger partial charge in [0, 0.05) is 13.7 Å². The number of methoxy groups -OCH3 is 1. The number of amidine groups is 1. The van der Waals surface area contributed by atoms with Gasteiger partial charge in [-0.3, -0.25) is 0 Å². The van der Waals surface area contributed by atoms with Gasteiger partial charge in [-0.2, -0.15) is 0 Å². The Morgan fingerprint density at radius 1 is 1.50 bits per heavy atom. The molecule has 1 rings (SSSR count). The average Bonchev–Trinajstić information content (AvgIpc) is 2.24. The minimum absolute atomic E-state index is 0.357. The Bertz CT molecular complexity index is 375. The average molecular weight is 221 g/mol. The summed E-state index contributed by atoms with van der Waals surface area (Å²) in [7, 11) is 3.53. The van der Waals surface area contributed by atoms with Gasteiger partial charge in [-0.25, -0.2) is 4.99 Å². The van der Waals surface area contributed by atoms with Crippen LogP contribution in [0.15, 0.2) is 23.2 Å². The lowest BCUT2D eigenvalue weighted by molar-refractivity contribution is 0.244. The van der Waals surface area contributed by atoms with Crippen LogP contribution in [0.1, 0.15) is 11.1 Å². The molecule has 16 heavy (non-hydrogen) atoms. The summed E-state index contributed by atoms with van der Waals surface area (Å²) in [5.41, 5.74) is 9.00. The first-order valence-electron chi connectivity index (χ1n) is 5.24. The number of nitrogens with two attached hydrogens (primary N) is 1. The van der Waals surface area contributed by atoms with Gasteiger partial charge >= 0.3 is 0 Å². The smallest absolute Gasteiger partial charge is 0.126 e. The van der Waals surface area contributed by atoms with Gasteiger partial charge in [-0.15, -0.1) is 0 Å². The topological polar surface area (TPSA) is 59.6 Å². The molecule has 0 aliphatic carbocycles. The Labute approximate surface area is 96.5 Å². The van der Waals surface area contributed by atoms with Gasteiger partial charge in [-0.1, -0.05) is 12.1 Å². The third-order valence-corrected chi connectivity index (χ3v) is 2.34. The summed E-state index contributed by atoms with van der Waals surface area (Å²) in [6.07, 6.45) is 0. The molecule has 0 saturated carbocycles. The van der Waals surface area contributed by atoms with Gasteiger partial charge in [0.2, 0.25) is 0 Å². The van der Waals surface area contributed by atoms with Crippen molar-refractivity contribution in [3.8, 4) is 0 Å². The van der Waals surface area contributed by atoms with Crippen LogP contribution in [0.2, 0.25) is 0 Å². The summed E-state index contributed by atoms with van der Waals surface area (Å²) < 4.78 is 4.93. The molecule has 0 saturated heterocycles. The van der Waals surface area contributed by atoms with Crippen LogP contribution in [0.5, 0.6) is 0 Å². The number of ether oxygens (including phenoxy) is 1. The van der Waals surface area contributed by atoms with Crippen molar-refractivity contribution in [1.82, 2.24) is 5.32 Å². The van der Waals surface area contributed by atoms with Gasteiger partial charge in [-0.05, 0) is 31.2 Å². The lowest BCUT2D eigenvalue weighted by atomic mass is 10.1. The number of hydrogen-bond acceptors (Lipinski definition) is 3. The van der Waals surface area contributed by atoms with Crippen molar-refractivity contribution < 1.29 is 4.74 Å². The van der Waals surface area contributed by atoms with E-state index < -0.39 is 0 Å². The summed E-state index contributed by atoms with van der Waals surface area (Å²) in [5, 5.41) is 3.13. The standard InChI is InChI=1S/C12H19N3O/c1-9-10(7-14-2)5-4-6-11(9)15-12(13)8-16-3/h4-6,14H,7-8H2,1-3H3,(H2,13,15). The number of aliphatic imine (C=N–C) groups is 1. The van der Waals surface area contributed by atoms with E-state index in [9.17, 15) is 0 Å². The van der Waals surface area contributed by atoms with Gasteiger partial charge in [0.1, 0.15) is 12.4 Å². The van der Waals surface area contributed by atoms with E-state index in [0.29, 0.717) is 12.4 Å². The number of nitrogens with zero attached hydrogens (tertiary/aromatic N) is 1. The van der Waals surface area contributed by atoms with Crippen LogP contribution >= 0.6 is 0 Å². The van der Waals surface area contributed by atoms with Gasteiger partial charge in [0.15, 0.2) is 0 Å². The molecule has 0 aliphatic rings. The number of nitrogens with one attached hydrogen (secondary N) is 1. The van der Waals surface area contributed by atoms with Gasteiger partial charge in [0.25, 0.3) is 0 Å². The van der Waals surface area contributed by atoms with E-state index in [2.05, 4.69) is 16.4 Å². The molecule has 1 aromatic rings. The molecule has 0 spiro atoms. The zero-order valence-electron chi connectivity index (χ0n) is 10.1. The molecule has 0 atom stereocenters. The molecular formula is C12H19N3O. The molecule has 0 bridgehead atoms. The lowest BCUT2D eigenvalue weighted by Gasteiger charge is -2.08. The third-order valence-electron chi connectivity index (χ3n) is 2.34. The quantitative estimate of drug-likeness (QED) is 0.583. The van der Waals surface area contributed by atoms with Crippen LogP contribution in [-0.2, 0) is 11.3 Å². The van der Waals surface area contributed by atoms with Gasteiger partial charge < -0.3 is 15.8 Å². The summed E-state index contributed by atoms with van der Waals surface area (Å²) in [5.74, 6) is 0.493. The molecule has 0 radical (unpaired) electrons. The fourth-order valence-electron chi connectivity index (χ4n) is 1.51. The van der Waals surface area contributed by atoms with Crippen molar-refractivity contribution >= 4 is 11.5 Å². The minimum Gasteiger partial charge on any atom is -0.385 e. The van der Waals surface area contributed by atoms with Crippen molar-refractivity contribution in [2.75, 3.05) is 20.8 Å². The molecule has 4 nitrogen and oxygen atoms in total. The van der Waals surface area contributed by atoms with E-state index in [4.69, 9.17) is 10.5 Å². The van der Waals surface area contributed by atoms with Crippen LogP contribution in [0.4, 0.5) is 5.69 Å². The molecule has 0 amide bonds. The van der Waals surface area contributed by atoms with E-state index in [0.717, 1.165) is 17.8 Å². The first-order chi connectivity index (χ1) is 7.69. The molecule has 1 aromatic carbocycles. The molecule has 0 fully saturated rings. The van der Waals surface area contributed by atoms with Crippen LogP contribution in [0.3, 0.4) is 0 Å². The maximum atomic E-state index is 5.72. The summed E-state index contributed by atoms with van der Waals surface area (Å²) in [4.78, 5) is 4.33. The second-order valence-electron chi connectivity index (χ2n) is 3.63. The largest absolute Gasteiger partial charge is 0.385 e.